The van der Waals surface area contributed by atoms with Crippen molar-refractivity contribution in [1.82, 2.24) is 10.9 Å². The van der Waals surface area contributed by atoms with Crippen molar-refractivity contribution in [3.63, 3.8) is 0 Å². The molecule has 0 atom stereocenters. The first-order valence-electron chi connectivity index (χ1n) is 3.57. The number of carbonyl (C=O) groups is 1. The SMILES string of the molecule is CNNC(=O)c1cc(F)ccc1F. The number of rotatable bonds is 2. The highest BCUT2D eigenvalue weighted by Crippen LogP contribution is 2.08. The van der Waals surface area contributed by atoms with Crippen molar-refractivity contribution < 1.29 is 13.6 Å². The minimum Gasteiger partial charge on any atom is -0.288 e. The molecule has 0 saturated heterocycles. The number of hydrogen-bond acceptors (Lipinski definition) is 2. The van der Waals surface area contributed by atoms with Gasteiger partial charge in [-0.15, -0.1) is 0 Å². The number of amides is 1. The monoisotopic (exact) mass is 186 g/mol. The average Bonchev–Trinajstić information content (AvgIpc) is 2.09. The summed E-state index contributed by atoms with van der Waals surface area (Å²) in [5.74, 6) is -2.11. The second-order valence-corrected chi connectivity index (χ2v) is 2.33. The molecule has 0 aromatic heterocycles. The Hall–Kier alpha value is -1.49. The third-order valence-electron chi connectivity index (χ3n) is 1.41. The quantitative estimate of drug-likeness (QED) is 0.671. The molecule has 0 aliphatic carbocycles. The van der Waals surface area contributed by atoms with E-state index in [1.54, 1.807) is 0 Å². The van der Waals surface area contributed by atoms with Gasteiger partial charge >= 0.3 is 0 Å². The first-order valence-corrected chi connectivity index (χ1v) is 3.57. The molecule has 70 valence electrons. The Labute approximate surface area is 73.7 Å². The van der Waals surface area contributed by atoms with Crippen LogP contribution in [0, 0.1) is 11.6 Å². The lowest BCUT2D eigenvalue weighted by Gasteiger charge is -2.03. The molecule has 3 nitrogen and oxygen atoms in total. The van der Waals surface area contributed by atoms with E-state index < -0.39 is 17.5 Å². The lowest BCUT2D eigenvalue weighted by molar-refractivity contribution is 0.0933. The summed E-state index contributed by atoms with van der Waals surface area (Å²) < 4.78 is 25.5. The predicted octanol–water partition coefficient (Wildman–Crippen LogP) is 0.829. The van der Waals surface area contributed by atoms with Crippen LogP contribution < -0.4 is 10.9 Å². The second-order valence-electron chi connectivity index (χ2n) is 2.33. The molecule has 0 heterocycles. The third kappa shape index (κ3) is 2.22. The largest absolute Gasteiger partial charge is 0.288 e. The van der Waals surface area contributed by atoms with E-state index in [1.807, 2.05) is 0 Å². The van der Waals surface area contributed by atoms with Crippen LogP contribution in [0.4, 0.5) is 8.78 Å². The molecule has 1 rings (SSSR count). The summed E-state index contributed by atoms with van der Waals surface area (Å²) in [5.41, 5.74) is 4.13. The first-order chi connectivity index (χ1) is 6.15. The molecule has 5 heteroatoms. The van der Waals surface area contributed by atoms with Crippen LogP contribution in [0.25, 0.3) is 0 Å². The van der Waals surface area contributed by atoms with Crippen molar-refractivity contribution in [3.05, 3.63) is 35.4 Å². The Bertz CT molecular complexity index is 328. The molecule has 0 bridgehead atoms. The maximum Gasteiger partial charge on any atom is 0.268 e. The van der Waals surface area contributed by atoms with Gasteiger partial charge in [0.15, 0.2) is 0 Å². The number of hydrogen-bond donors (Lipinski definition) is 2. The molecule has 0 aliphatic heterocycles. The summed E-state index contributed by atoms with van der Waals surface area (Å²) in [6.45, 7) is 0. The zero-order valence-electron chi connectivity index (χ0n) is 6.90. The average molecular weight is 186 g/mol. The van der Waals surface area contributed by atoms with Crippen molar-refractivity contribution in [2.75, 3.05) is 7.05 Å². The molecule has 1 aromatic carbocycles. The fraction of sp³-hybridized carbons (Fsp3) is 0.125. The molecule has 13 heavy (non-hydrogen) atoms. The fourth-order valence-corrected chi connectivity index (χ4v) is 0.852. The highest BCUT2D eigenvalue weighted by Gasteiger charge is 2.11. The van der Waals surface area contributed by atoms with Crippen LogP contribution in [0.2, 0.25) is 0 Å². The number of nitrogens with one attached hydrogen (secondary N) is 2. The fourth-order valence-electron chi connectivity index (χ4n) is 0.852. The van der Waals surface area contributed by atoms with E-state index in [1.165, 1.54) is 7.05 Å². The summed E-state index contributed by atoms with van der Waals surface area (Å²) in [5, 5.41) is 0. The molecule has 0 aliphatic rings. The highest BCUT2D eigenvalue weighted by molar-refractivity contribution is 5.94. The van der Waals surface area contributed by atoms with Crippen molar-refractivity contribution in [2.24, 2.45) is 0 Å². The van der Waals surface area contributed by atoms with Crippen LogP contribution in [0.15, 0.2) is 18.2 Å². The van der Waals surface area contributed by atoms with Crippen LogP contribution >= 0.6 is 0 Å². The maximum atomic E-state index is 12.9. The van der Waals surface area contributed by atoms with Crippen molar-refractivity contribution >= 4 is 5.91 Å². The van der Waals surface area contributed by atoms with Crippen LogP contribution in [0.5, 0.6) is 0 Å². The molecule has 0 spiro atoms. The van der Waals surface area contributed by atoms with Gasteiger partial charge in [0.05, 0.1) is 5.56 Å². The molecular formula is C8H8F2N2O. The van der Waals surface area contributed by atoms with Gasteiger partial charge in [-0.2, -0.15) is 0 Å². The molecule has 1 amide bonds. The molecule has 1 aromatic rings. The van der Waals surface area contributed by atoms with Gasteiger partial charge in [-0.1, -0.05) is 0 Å². The zero-order chi connectivity index (χ0) is 9.84. The topological polar surface area (TPSA) is 41.1 Å². The lowest BCUT2D eigenvalue weighted by Crippen LogP contribution is -2.34. The van der Waals surface area contributed by atoms with Crippen LogP contribution in [-0.2, 0) is 0 Å². The van der Waals surface area contributed by atoms with Crippen LogP contribution in [0.1, 0.15) is 10.4 Å². The number of hydrazine groups is 1. The van der Waals surface area contributed by atoms with Gasteiger partial charge in [-0.05, 0) is 18.2 Å². The first kappa shape index (κ1) is 9.60. The van der Waals surface area contributed by atoms with E-state index >= 15 is 0 Å². The lowest BCUT2D eigenvalue weighted by atomic mass is 10.2. The zero-order valence-corrected chi connectivity index (χ0v) is 6.90. The van der Waals surface area contributed by atoms with Crippen molar-refractivity contribution in [1.29, 1.82) is 0 Å². The summed E-state index contributed by atoms with van der Waals surface area (Å²) in [4.78, 5) is 11.0. The standard InChI is InChI=1S/C8H8F2N2O/c1-11-12-8(13)6-4-5(9)2-3-7(6)10/h2-4,11H,1H3,(H,12,13). The molecule has 0 saturated carbocycles. The normalized spacial score (nSPS) is 9.77. The summed E-state index contributed by atoms with van der Waals surface area (Å²) in [6.07, 6.45) is 0. The molecule has 0 fully saturated rings. The Morgan fingerprint density at radius 3 is 2.69 bits per heavy atom. The number of carbonyl (C=O) groups excluding carboxylic acids is 1. The van der Waals surface area contributed by atoms with Gasteiger partial charge in [0.2, 0.25) is 0 Å². The van der Waals surface area contributed by atoms with E-state index in [0.29, 0.717) is 0 Å². The van der Waals surface area contributed by atoms with Gasteiger partial charge in [0.25, 0.3) is 5.91 Å². The summed E-state index contributed by atoms with van der Waals surface area (Å²) in [7, 11) is 1.45. The van der Waals surface area contributed by atoms with E-state index in [9.17, 15) is 13.6 Å². The van der Waals surface area contributed by atoms with E-state index in [4.69, 9.17) is 0 Å². The van der Waals surface area contributed by atoms with E-state index in [2.05, 4.69) is 10.9 Å². The van der Waals surface area contributed by atoms with Gasteiger partial charge in [0.1, 0.15) is 11.6 Å². The Morgan fingerprint density at radius 1 is 1.38 bits per heavy atom. The van der Waals surface area contributed by atoms with Gasteiger partial charge in [-0.3, -0.25) is 10.2 Å². The number of halogens is 2. The van der Waals surface area contributed by atoms with Gasteiger partial charge in [-0.25, -0.2) is 14.2 Å². The van der Waals surface area contributed by atoms with Crippen molar-refractivity contribution in [2.45, 2.75) is 0 Å². The second kappa shape index (κ2) is 3.95. The summed E-state index contributed by atoms with van der Waals surface area (Å²) in [6, 6.07) is 2.69. The maximum absolute atomic E-state index is 12.9. The molecular weight excluding hydrogens is 178 g/mol. The highest BCUT2D eigenvalue weighted by atomic mass is 19.1. The van der Waals surface area contributed by atoms with E-state index in [-0.39, 0.29) is 5.56 Å². The molecule has 0 radical (unpaired) electrons. The minimum absolute atomic E-state index is 0.325. The van der Waals surface area contributed by atoms with E-state index in [0.717, 1.165) is 18.2 Å². The van der Waals surface area contributed by atoms with Crippen LogP contribution in [-0.4, -0.2) is 13.0 Å². The van der Waals surface area contributed by atoms with Gasteiger partial charge < -0.3 is 0 Å². The summed E-state index contributed by atoms with van der Waals surface area (Å²) >= 11 is 0. The van der Waals surface area contributed by atoms with Crippen molar-refractivity contribution in [3.8, 4) is 0 Å². The Kier molecular flexibility index (Phi) is 2.92. The molecule has 2 N–H and O–H groups in total. The minimum atomic E-state index is -0.755. The predicted molar refractivity (Wildman–Crippen MR) is 42.9 cm³/mol. The van der Waals surface area contributed by atoms with Crippen LogP contribution in [0.3, 0.4) is 0 Å². The Balaban J connectivity index is 2.99. The molecule has 0 unspecified atom stereocenters. The number of benzene rings is 1. The van der Waals surface area contributed by atoms with Gasteiger partial charge in [0, 0.05) is 7.05 Å². The Morgan fingerprint density at radius 2 is 2.08 bits per heavy atom. The smallest absolute Gasteiger partial charge is 0.268 e. The third-order valence-corrected chi connectivity index (χ3v) is 1.41.